The Morgan fingerprint density at radius 1 is 1.04 bits per heavy atom. The second kappa shape index (κ2) is 8.40. The Hall–Kier alpha value is -3.28. The molecule has 0 unspecified atom stereocenters. The zero-order valence-electron chi connectivity index (χ0n) is 15.9. The summed E-state index contributed by atoms with van der Waals surface area (Å²) in [5.41, 5.74) is 4.00. The molecule has 1 aromatic heterocycles. The third-order valence-corrected chi connectivity index (χ3v) is 4.32. The molecule has 0 bridgehead atoms. The van der Waals surface area contributed by atoms with Gasteiger partial charge in [-0.3, -0.25) is 9.79 Å². The van der Waals surface area contributed by atoms with Crippen LogP contribution >= 0.6 is 0 Å². The van der Waals surface area contributed by atoms with E-state index >= 15 is 0 Å². The number of para-hydroxylation sites is 1. The fourth-order valence-electron chi connectivity index (χ4n) is 2.84. The lowest BCUT2D eigenvalue weighted by Gasteiger charge is -2.13. The molecule has 0 aliphatic rings. The van der Waals surface area contributed by atoms with Gasteiger partial charge >= 0.3 is 0 Å². The maximum atomic E-state index is 11.9. The average Bonchev–Trinajstić information content (AvgIpc) is 3.11. The first-order chi connectivity index (χ1) is 13.1. The first-order valence-electron chi connectivity index (χ1n) is 8.88. The molecular weight excluding hydrogens is 338 g/mol. The molecule has 3 rings (SSSR count). The zero-order valence-corrected chi connectivity index (χ0v) is 15.9. The Bertz CT molecular complexity index is 908. The van der Waals surface area contributed by atoms with Gasteiger partial charge in [-0.25, -0.2) is 0 Å². The first-order valence-corrected chi connectivity index (χ1v) is 8.88. The summed E-state index contributed by atoms with van der Waals surface area (Å²) in [6.45, 7) is 1.29. The van der Waals surface area contributed by atoms with Crippen LogP contribution < -0.4 is 10.6 Å². The Labute approximate surface area is 159 Å². The van der Waals surface area contributed by atoms with Crippen LogP contribution in [0.5, 0.6) is 0 Å². The molecule has 6 heteroatoms. The van der Waals surface area contributed by atoms with Crippen LogP contribution in [0.1, 0.15) is 21.6 Å². The van der Waals surface area contributed by atoms with Gasteiger partial charge in [0.2, 0.25) is 0 Å². The standard InChI is InChI=1S/C21H25N5O/c1-22-21(24-14-18-12-17-6-4-5-7-19(17)25-18)23-13-15-8-10-16(11-9-15)20(27)26(2)3/h4-12,25H,13-14H2,1-3H3,(H2,22,23,24). The van der Waals surface area contributed by atoms with Crippen LogP contribution in [-0.4, -0.2) is 42.9 Å². The van der Waals surface area contributed by atoms with Crippen molar-refractivity contribution in [2.75, 3.05) is 21.1 Å². The van der Waals surface area contributed by atoms with Crippen LogP contribution in [0.4, 0.5) is 0 Å². The highest BCUT2D eigenvalue weighted by Crippen LogP contribution is 2.14. The molecule has 6 nitrogen and oxygen atoms in total. The summed E-state index contributed by atoms with van der Waals surface area (Å²) in [5.74, 6) is 0.729. The number of amides is 1. The summed E-state index contributed by atoms with van der Waals surface area (Å²) >= 11 is 0. The number of guanidine groups is 1. The summed E-state index contributed by atoms with van der Waals surface area (Å²) in [7, 11) is 5.25. The van der Waals surface area contributed by atoms with E-state index in [2.05, 4.69) is 38.8 Å². The van der Waals surface area contributed by atoms with Gasteiger partial charge in [0.25, 0.3) is 5.91 Å². The van der Waals surface area contributed by atoms with Gasteiger partial charge in [-0.1, -0.05) is 30.3 Å². The number of rotatable bonds is 5. The predicted octanol–water partition coefficient (Wildman–Crippen LogP) is 2.73. The number of H-pyrrole nitrogens is 1. The van der Waals surface area contributed by atoms with E-state index in [1.807, 2.05) is 36.4 Å². The van der Waals surface area contributed by atoms with Crippen LogP contribution in [0, 0.1) is 0 Å². The molecule has 0 radical (unpaired) electrons. The minimum absolute atomic E-state index is 0.00493. The summed E-state index contributed by atoms with van der Waals surface area (Å²) in [5, 5.41) is 7.80. The lowest BCUT2D eigenvalue weighted by Crippen LogP contribution is -2.36. The van der Waals surface area contributed by atoms with Gasteiger partial charge in [0.15, 0.2) is 5.96 Å². The molecule has 0 fully saturated rings. The van der Waals surface area contributed by atoms with Crippen LogP contribution in [0.25, 0.3) is 10.9 Å². The quantitative estimate of drug-likeness (QED) is 0.482. The van der Waals surface area contributed by atoms with Gasteiger partial charge in [0, 0.05) is 44.5 Å². The zero-order chi connectivity index (χ0) is 19.2. The Kier molecular flexibility index (Phi) is 5.76. The molecule has 0 aliphatic heterocycles. The summed E-state index contributed by atoms with van der Waals surface area (Å²) in [6.07, 6.45) is 0. The number of hydrogen-bond acceptors (Lipinski definition) is 2. The van der Waals surface area contributed by atoms with Gasteiger partial charge < -0.3 is 20.5 Å². The van der Waals surface area contributed by atoms with Gasteiger partial charge in [-0.15, -0.1) is 0 Å². The minimum atomic E-state index is 0.00493. The average molecular weight is 363 g/mol. The van der Waals surface area contributed by atoms with Crippen LogP contribution in [-0.2, 0) is 13.1 Å². The second-order valence-electron chi connectivity index (χ2n) is 6.56. The van der Waals surface area contributed by atoms with E-state index in [9.17, 15) is 4.79 Å². The number of nitrogens with zero attached hydrogens (tertiary/aromatic N) is 2. The molecule has 27 heavy (non-hydrogen) atoms. The minimum Gasteiger partial charge on any atom is -0.357 e. The predicted molar refractivity (Wildman–Crippen MR) is 110 cm³/mol. The molecular formula is C21H25N5O. The fraction of sp³-hybridized carbons (Fsp3) is 0.238. The Morgan fingerprint density at radius 3 is 2.41 bits per heavy atom. The number of aliphatic imine (C=N–C) groups is 1. The largest absolute Gasteiger partial charge is 0.357 e. The van der Waals surface area contributed by atoms with E-state index in [1.54, 1.807) is 26.0 Å². The maximum Gasteiger partial charge on any atom is 0.253 e. The number of carbonyl (C=O) groups is 1. The second-order valence-corrected chi connectivity index (χ2v) is 6.56. The van der Waals surface area contributed by atoms with E-state index in [1.165, 1.54) is 5.39 Å². The SMILES string of the molecule is CN=C(NCc1ccc(C(=O)N(C)C)cc1)NCc1cc2ccccc2[nH]1. The summed E-state index contributed by atoms with van der Waals surface area (Å²) in [4.78, 5) is 21.2. The van der Waals surface area contributed by atoms with Crippen molar-refractivity contribution in [2.45, 2.75) is 13.1 Å². The van der Waals surface area contributed by atoms with Crippen molar-refractivity contribution in [3.63, 3.8) is 0 Å². The van der Waals surface area contributed by atoms with Crippen molar-refractivity contribution in [1.29, 1.82) is 0 Å². The topological polar surface area (TPSA) is 72.5 Å². The smallest absolute Gasteiger partial charge is 0.253 e. The van der Waals surface area contributed by atoms with E-state index in [0.717, 1.165) is 22.7 Å². The molecule has 3 N–H and O–H groups in total. The molecule has 0 atom stereocenters. The molecule has 0 saturated carbocycles. The number of aromatic amines is 1. The number of benzene rings is 2. The van der Waals surface area contributed by atoms with E-state index in [4.69, 9.17) is 0 Å². The van der Waals surface area contributed by atoms with Crippen molar-refractivity contribution < 1.29 is 4.79 Å². The molecule has 0 spiro atoms. The van der Waals surface area contributed by atoms with Crippen molar-refractivity contribution >= 4 is 22.8 Å². The van der Waals surface area contributed by atoms with Gasteiger partial charge in [0.1, 0.15) is 0 Å². The monoisotopic (exact) mass is 363 g/mol. The fourth-order valence-corrected chi connectivity index (χ4v) is 2.84. The van der Waals surface area contributed by atoms with Crippen LogP contribution in [0.3, 0.4) is 0 Å². The highest BCUT2D eigenvalue weighted by molar-refractivity contribution is 5.93. The number of hydrogen-bond donors (Lipinski definition) is 3. The van der Waals surface area contributed by atoms with Crippen molar-refractivity contribution in [3.05, 3.63) is 71.4 Å². The maximum absolute atomic E-state index is 11.9. The highest BCUT2D eigenvalue weighted by Gasteiger charge is 2.07. The first kappa shape index (κ1) is 18.5. The molecule has 140 valence electrons. The summed E-state index contributed by atoms with van der Waals surface area (Å²) in [6, 6.07) is 17.9. The Morgan fingerprint density at radius 2 is 1.74 bits per heavy atom. The molecule has 0 aliphatic carbocycles. The third kappa shape index (κ3) is 4.67. The van der Waals surface area contributed by atoms with E-state index in [-0.39, 0.29) is 5.91 Å². The third-order valence-electron chi connectivity index (χ3n) is 4.32. The lowest BCUT2D eigenvalue weighted by molar-refractivity contribution is 0.0827. The summed E-state index contributed by atoms with van der Waals surface area (Å²) < 4.78 is 0. The molecule has 3 aromatic rings. The van der Waals surface area contributed by atoms with Gasteiger partial charge in [-0.05, 0) is 35.2 Å². The van der Waals surface area contributed by atoms with Crippen molar-refractivity contribution in [1.82, 2.24) is 20.5 Å². The molecule has 1 amide bonds. The highest BCUT2D eigenvalue weighted by atomic mass is 16.2. The number of aromatic nitrogens is 1. The van der Waals surface area contributed by atoms with Crippen molar-refractivity contribution in [2.24, 2.45) is 4.99 Å². The number of nitrogens with one attached hydrogen (secondary N) is 3. The number of carbonyl (C=O) groups excluding carboxylic acids is 1. The Balaban J connectivity index is 1.53. The van der Waals surface area contributed by atoms with Crippen molar-refractivity contribution in [3.8, 4) is 0 Å². The molecule has 1 heterocycles. The number of fused-ring (bicyclic) bond motifs is 1. The van der Waals surface area contributed by atoms with E-state index in [0.29, 0.717) is 18.7 Å². The van der Waals surface area contributed by atoms with Gasteiger partial charge in [0.05, 0.1) is 6.54 Å². The molecule has 2 aromatic carbocycles. The van der Waals surface area contributed by atoms with Crippen LogP contribution in [0.15, 0.2) is 59.6 Å². The lowest BCUT2D eigenvalue weighted by atomic mass is 10.1. The van der Waals surface area contributed by atoms with Crippen LogP contribution in [0.2, 0.25) is 0 Å². The van der Waals surface area contributed by atoms with Gasteiger partial charge in [-0.2, -0.15) is 0 Å². The normalized spacial score (nSPS) is 11.4. The molecule has 0 saturated heterocycles. The van der Waals surface area contributed by atoms with E-state index < -0.39 is 0 Å².